The molecule has 1 aliphatic rings. The van der Waals surface area contributed by atoms with Crippen molar-refractivity contribution in [2.45, 2.75) is 32.2 Å². The molecule has 1 aromatic heterocycles. The molecular formula is C11H18N4OS. The third kappa shape index (κ3) is 3.17. The molecule has 1 saturated heterocycles. The number of likely N-dealkylation sites (tertiary alicyclic amines) is 1. The maximum Gasteiger partial charge on any atom is 0.323 e. The molecule has 2 rings (SSSR count). The van der Waals surface area contributed by atoms with Crippen molar-refractivity contribution in [2.75, 3.05) is 18.4 Å². The Kier molecular flexibility index (Phi) is 3.96. The monoisotopic (exact) mass is 254 g/mol. The summed E-state index contributed by atoms with van der Waals surface area (Å²) in [7, 11) is 0. The first kappa shape index (κ1) is 12.3. The van der Waals surface area contributed by atoms with Crippen LogP contribution in [-0.2, 0) is 0 Å². The fourth-order valence-corrected chi connectivity index (χ4v) is 2.62. The number of anilines is 1. The Morgan fingerprint density at radius 3 is 2.82 bits per heavy atom. The van der Waals surface area contributed by atoms with Crippen LogP contribution < -0.4 is 11.1 Å². The largest absolute Gasteiger partial charge is 0.324 e. The van der Waals surface area contributed by atoms with Crippen LogP contribution in [0, 0.1) is 0 Å². The number of urea groups is 1. The molecule has 3 N–H and O–H groups in total. The molecule has 2 heterocycles. The number of aromatic nitrogens is 1. The lowest BCUT2D eigenvalue weighted by Gasteiger charge is -2.26. The number of hydrogen-bond acceptors (Lipinski definition) is 4. The second-order valence-electron chi connectivity index (χ2n) is 4.34. The molecule has 0 aromatic carbocycles. The third-order valence-corrected chi connectivity index (χ3v) is 3.62. The lowest BCUT2D eigenvalue weighted by atomic mass is 10.1. The van der Waals surface area contributed by atoms with Gasteiger partial charge in [-0.1, -0.05) is 0 Å². The molecule has 0 aliphatic carbocycles. The van der Waals surface area contributed by atoms with Gasteiger partial charge in [0.2, 0.25) is 0 Å². The van der Waals surface area contributed by atoms with E-state index in [0.717, 1.165) is 31.6 Å². The molecular weight excluding hydrogens is 236 g/mol. The van der Waals surface area contributed by atoms with Crippen LogP contribution in [0.1, 0.15) is 37.9 Å². The van der Waals surface area contributed by atoms with Crippen LogP contribution in [0.4, 0.5) is 9.93 Å². The van der Waals surface area contributed by atoms with E-state index in [1.54, 1.807) is 0 Å². The van der Waals surface area contributed by atoms with Crippen LogP contribution in [-0.4, -0.2) is 29.0 Å². The Balaban J connectivity index is 1.92. The predicted molar refractivity (Wildman–Crippen MR) is 69.2 cm³/mol. The summed E-state index contributed by atoms with van der Waals surface area (Å²) in [5.41, 5.74) is 6.54. The number of amides is 2. The molecule has 2 amide bonds. The van der Waals surface area contributed by atoms with Crippen LogP contribution >= 0.6 is 11.3 Å². The summed E-state index contributed by atoms with van der Waals surface area (Å²) < 4.78 is 0. The van der Waals surface area contributed by atoms with Crippen molar-refractivity contribution in [3.05, 3.63) is 11.1 Å². The van der Waals surface area contributed by atoms with Crippen LogP contribution in [0.15, 0.2) is 5.38 Å². The summed E-state index contributed by atoms with van der Waals surface area (Å²) in [5.74, 6) is 0. The summed E-state index contributed by atoms with van der Waals surface area (Å²) in [6.07, 6.45) is 3.41. The smallest absolute Gasteiger partial charge is 0.323 e. The van der Waals surface area contributed by atoms with Crippen LogP contribution in [0.3, 0.4) is 0 Å². The number of hydrogen-bond donors (Lipinski definition) is 2. The van der Waals surface area contributed by atoms with Gasteiger partial charge in [0.05, 0.1) is 5.69 Å². The molecule has 0 bridgehead atoms. The molecule has 1 aliphatic heterocycles. The molecule has 1 aromatic rings. The summed E-state index contributed by atoms with van der Waals surface area (Å²) in [6.45, 7) is 3.57. The van der Waals surface area contributed by atoms with Crippen LogP contribution in [0.5, 0.6) is 0 Å². The fraction of sp³-hybridized carbons (Fsp3) is 0.636. The molecule has 0 spiro atoms. The third-order valence-electron chi connectivity index (χ3n) is 2.85. The van der Waals surface area contributed by atoms with Gasteiger partial charge in [-0.05, 0) is 26.2 Å². The SMILES string of the molecule is CC(N)c1csc(NC(=O)N2CCCCC2)n1. The average Bonchev–Trinajstić information content (AvgIpc) is 2.79. The highest BCUT2D eigenvalue weighted by Crippen LogP contribution is 2.20. The normalized spacial score (nSPS) is 17.9. The molecule has 1 atom stereocenters. The molecule has 0 radical (unpaired) electrons. The zero-order valence-corrected chi connectivity index (χ0v) is 10.8. The minimum absolute atomic E-state index is 0.0460. The topological polar surface area (TPSA) is 71.2 Å². The quantitative estimate of drug-likeness (QED) is 0.849. The number of nitrogens with one attached hydrogen (secondary N) is 1. The molecule has 94 valence electrons. The number of rotatable bonds is 2. The second-order valence-corrected chi connectivity index (χ2v) is 5.20. The number of carbonyl (C=O) groups is 1. The second kappa shape index (κ2) is 5.46. The maximum atomic E-state index is 11.9. The van der Waals surface area contributed by atoms with E-state index >= 15 is 0 Å². The molecule has 1 unspecified atom stereocenters. The summed E-state index contributed by atoms with van der Waals surface area (Å²) in [4.78, 5) is 18.0. The first-order valence-electron chi connectivity index (χ1n) is 5.94. The number of piperidine rings is 1. The summed E-state index contributed by atoms with van der Waals surface area (Å²) >= 11 is 1.42. The van der Waals surface area contributed by atoms with Crippen molar-refractivity contribution in [2.24, 2.45) is 5.73 Å². The Morgan fingerprint density at radius 2 is 2.24 bits per heavy atom. The van der Waals surface area contributed by atoms with E-state index in [2.05, 4.69) is 10.3 Å². The van der Waals surface area contributed by atoms with Gasteiger partial charge in [-0.2, -0.15) is 0 Å². The van der Waals surface area contributed by atoms with E-state index in [9.17, 15) is 4.79 Å². The van der Waals surface area contributed by atoms with Crippen LogP contribution in [0.25, 0.3) is 0 Å². The first-order chi connectivity index (χ1) is 8.16. The lowest BCUT2D eigenvalue weighted by molar-refractivity contribution is 0.200. The molecule has 6 heteroatoms. The minimum atomic E-state index is -0.0908. The Morgan fingerprint density at radius 1 is 1.53 bits per heavy atom. The van der Waals surface area contributed by atoms with Gasteiger partial charge in [-0.15, -0.1) is 11.3 Å². The van der Waals surface area contributed by atoms with Crippen molar-refractivity contribution in [1.82, 2.24) is 9.88 Å². The van der Waals surface area contributed by atoms with Gasteiger partial charge in [-0.25, -0.2) is 9.78 Å². The summed E-state index contributed by atoms with van der Waals surface area (Å²) in [6, 6.07) is -0.137. The highest BCUT2D eigenvalue weighted by atomic mass is 32.1. The van der Waals surface area contributed by atoms with E-state index < -0.39 is 0 Å². The Labute approximate surface area is 105 Å². The van der Waals surface area contributed by atoms with Crippen LogP contribution in [0.2, 0.25) is 0 Å². The fourth-order valence-electron chi connectivity index (χ4n) is 1.82. The van der Waals surface area contributed by atoms with E-state index in [0.29, 0.717) is 5.13 Å². The van der Waals surface area contributed by atoms with Crippen molar-refractivity contribution >= 4 is 22.5 Å². The van der Waals surface area contributed by atoms with Gasteiger partial charge in [0, 0.05) is 24.5 Å². The average molecular weight is 254 g/mol. The van der Waals surface area contributed by atoms with Gasteiger partial charge in [0.25, 0.3) is 0 Å². The Hall–Kier alpha value is -1.14. The highest BCUT2D eigenvalue weighted by molar-refractivity contribution is 7.13. The maximum absolute atomic E-state index is 11.9. The first-order valence-corrected chi connectivity index (χ1v) is 6.81. The lowest BCUT2D eigenvalue weighted by Crippen LogP contribution is -2.38. The van der Waals surface area contributed by atoms with E-state index in [4.69, 9.17) is 5.73 Å². The van der Waals surface area contributed by atoms with E-state index in [-0.39, 0.29) is 12.1 Å². The molecule has 5 nitrogen and oxygen atoms in total. The van der Waals surface area contributed by atoms with E-state index in [1.165, 1.54) is 17.8 Å². The van der Waals surface area contributed by atoms with Gasteiger partial charge in [0.15, 0.2) is 5.13 Å². The minimum Gasteiger partial charge on any atom is -0.324 e. The van der Waals surface area contributed by atoms with Crippen molar-refractivity contribution in [3.8, 4) is 0 Å². The Bertz CT molecular complexity index is 385. The number of carbonyl (C=O) groups excluding carboxylic acids is 1. The van der Waals surface area contributed by atoms with Crippen molar-refractivity contribution in [3.63, 3.8) is 0 Å². The number of thiazole rings is 1. The highest BCUT2D eigenvalue weighted by Gasteiger charge is 2.17. The van der Waals surface area contributed by atoms with Gasteiger partial charge in [-0.3, -0.25) is 5.32 Å². The number of nitrogens with zero attached hydrogens (tertiary/aromatic N) is 2. The number of nitrogens with two attached hydrogens (primary N) is 1. The summed E-state index contributed by atoms with van der Waals surface area (Å²) in [5, 5.41) is 5.34. The molecule has 1 fully saturated rings. The van der Waals surface area contributed by atoms with Gasteiger partial charge >= 0.3 is 6.03 Å². The van der Waals surface area contributed by atoms with E-state index in [1.807, 2.05) is 17.2 Å². The van der Waals surface area contributed by atoms with Crippen molar-refractivity contribution < 1.29 is 4.79 Å². The van der Waals surface area contributed by atoms with Crippen molar-refractivity contribution in [1.29, 1.82) is 0 Å². The molecule has 0 saturated carbocycles. The zero-order chi connectivity index (χ0) is 12.3. The molecule has 17 heavy (non-hydrogen) atoms. The predicted octanol–water partition coefficient (Wildman–Crippen LogP) is 2.18. The standard InChI is InChI=1S/C11H18N4OS/c1-8(12)9-7-17-10(13-9)14-11(16)15-5-3-2-4-6-15/h7-8H,2-6,12H2,1H3,(H,13,14,16). The zero-order valence-electron chi connectivity index (χ0n) is 9.98. The van der Waals surface area contributed by atoms with Gasteiger partial charge in [0.1, 0.15) is 0 Å². The van der Waals surface area contributed by atoms with Gasteiger partial charge < -0.3 is 10.6 Å².